The van der Waals surface area contributed by atoms with Crippen LogP contribution in [0.5, 0.6) is 0 Å². The molecule has 0 aliphatic carbocycles. The lowest BCUT2D eigenvalue weighted by Gasteiger charge is -2.09. The summed E-state index contributed by atoms with van der Waals surface area (Å²) in [4.78, 5) is 12.9. The summed E-state index contributed by atoms with van der Waals surface area (Å²) in [6.45, 7) is 4.17. The molecule has 4 heteroatoms. The molecule has 0 radical (unpaired) electrons. The first-order chi connectivity index (χ1) is 7.68. The van der Waals surface area contributed by atoms with Crippen molar-refractivity contribution in [3.8, 4) is 11.4 Å². The van der Waals surface area contributed by atoms with Crippen LogP contribution >= 0.6 is 11.6 Å². The molecule has 0 saturated heterocycles. The van der Waals surface area contributed by atoms with Gasteiger partial charge in [-0.25, -0.2) is 0 Å². The molecule has 2 heterocycles. The molecule has 16 heavy (non-hydrogen) atoms. The van der Waals surface area contributed by atoms with Crippen molar-refractivity contribution in [2.24, 2.45) is 0 Å². The third-order valence-electron chi connectivity index (χ3n) is 2.24. The monoisotopic (exact) mass is 233 g/mol. The predicted molar refractivity (Wildman–Crippen MR) is 64.4 cm³/mol. The molecule has 3 nitrogen and oxygen atoms in total. The fourth-order valence-electron chi connectivity index (χ4n) is 1.48. The Bertz CT molecular complexity index is 480. The highest BCUT2D eigenvalue weighted by Crippen LogP contribution is 2.24. The number of pyridine rings is 1. The Morgan fingerprint density at radius 3 is 2.44 bits per heavy atom. The molecule has 0 amide bonds. The average Bonchev–Trinajstić information content (AvgIpc) is 2.30. The predicted octanol–water partition coefficient (Wildman–Crippen LogP) is 3.32. The van der Waals surface area contributed by atoms with Gasteiger partial charge in [0, 0.05) is 18.6 Å². The van der Waals surface area contributed by atoms with Gasteiger partial charge in [-0.1, -0.05) is 25.4 Å². The van der Waals surface area contributed by atoms with Gasteiger partial charge in [0.15, 0.2) is 0 Å². The van der Waals surface area contributed by atoms with Crippen LogP contribution in [0.4, 0.5) is 0 Å². The van der Waals surface area contributed by atoms with Gasteiger partial charge in [-0.15, -0.1) is 0 Å². The summed E-state index contributed by atoms with van der Waals surface area (Å²) >= 11 is 5.80. The van der Waals surface area contributed by atoms with Gasteiger partial charge in [0.1, 0.15) is 5.69 Å². The maximum absolute atomic E-state index is 5.80. The minimum atomic E-state index is 0.321. The smallest absolute Gasteiger partial charge is 0.110 e. The molecule has 0 aliphatic heterocycles. The number of hydrogen-bond acceptors (Lipinski definition) is 3. The van der Waals surface area contributed by atoms with E-state index in [0.29, 0.717) is 10.9 Å². The molecular weight excluding hydrogens is 222 g/mol. The molecule has 2 aromatic heterocycles. The lowest BCUT2D eigenvalue weighted by molar-refractivity contribution is 0.814. The number of halogens is 1. The van der Waals surface area contributed by atoms with Gasteiger partial charge >= 0.3 is 0 Å². The maximum Gasteiger partial charge on any atom is 0.110 e. The summed E-state index contributed by atoms with van der Waals surface area (Å²) in [6, 6.07) is 3.67. The SMILES string of the molecule is CC(C)c1nccnc1-c1ccc(Cl)cn1. The highest BCUT2D eigenvalue weighted by molar-refractivity contribution is 6.30. The van der Waals surface area contributed by atoms with E-state index in [2.05, 4.69) is 28.8 Å². The highest BCUT2D eigenvalue weighted by Gasteiger charge is 2.11. The fourth-order valence-corrected chi connectivity index (χ4v) is 1.60. The van der Waals surface area contributed by atoms with E-state index in [1.807, 2.05) is 12.1 Å². The average molecular weight is 234 g/mol. The van der Waals surface area contributed by atoms with Gasteiger partial charge in [0.05, 0.1) is 16.4 Å². The summed E-state index contributed by atoms with van der Waals surface area (Å²) in [6.07, 6.45) is 5.00. The second-order valence-corrected chi connectivity index (χ2v) is 4.24. The molecule has 0 N–H and O–H groups in total. The van der Waals surface area contributed by atoms with Gasteiger partial charge in [-0.05, 0) is 18.1 Å². The van der Waals surface area contributed by atoms with Crippen molar-refractivity contribution in [3.05, 3.63) is 41.4 Å². The molecule has 82 valence electrons. The van der Waals surface area contributed by atoms with E-state index in [9.17, 15) is 0 Å². The van der Waals surface area contributed by atoms with Gasteiger partial charge in [-0.2, -0.15) is 0 Å². The maximum atomic E-state index is 5.80. The Morgan fingerprint density at radius 1 is 1.06 bits per heavy atom. The van der Waals surface area contributed by atoms with Crippen LogP contribution in [0.3, 0.4) is 0 Å². The molecule has 0 fully saturated rings. The molecule has 2 aromatic rings. The largest absolute Gasteiger partial charge is 0.257 e. The van der Waals surface area contributed by atoms with E-state index < -0.39 is 0 Å². The van der Waals surface area contributed by atoms with Gasteiger partial charge in [-0.3, -0.25) is 15.0 Å². The summed E-state index contributed by atoms with van der Waals surface area (Å²) in [5.41, 5.74) is 2.59. The first-order valence-electron chi connectivity index (χ1n) is 5.11. The van der Waals surface area contributed by atoms with Gasteiger partial charge in [0.25, 0.3) is 0 Å². The standard InChI is InChI=1S/C12H12ClN3/c1-8(2)11-12(15-6-5-14-11)10-4-3-9(13)7-16-10/h3-8H,1-2H3. The van der Waals surface area contributed by atoms with E-state index in [1.165, 1.54) is 0 Å². The second-order valence-electron chi connectivity index (χ2n) is 3.81. The zero-order valence-corrected chi connectivity index (χ0v) is 9.94. The minimum Gasteiger partial charge on any atom is -0.257 e. The quantitative estimate of drug-likeness (QED) is 0.799. The third kappa shape index (κ3) is 2.19. The summed E-state index contributed by atoms with van der Waals surface area (Å²) < 4.78 is 0. The van der Waals surface area contributed by atoms with Crippen LogP contribution in [0.25, 0.3) is 11.4 Å². The minimum absolute atomic E-state index is 0.321. The molecule has 0 bridgehead atoms. The molecule has 0 spiro atoms. The van der Waals surface area contributed by atoms with E-state index in [1.54, 1.807) is 18.6 Å². The molecule has 0 aromatic carbocycles. The number of hydrogen-bond donors (Lipinski definition) is 0. The zero-order valence-electron chi connectivity index (χ0n) is 9.18. The van der Waals surface area contributed by atoms with Crippen molar-refractivity contribution in [3.63, 3.8) is 0 Å². The first-order valence-corrected chi connectivity index (χ1v) is 5.49. The molecular formula is C12H12ClN3. The van der Waals surface area contributed by atoms with E-state index in [-0.39, 0.29) is 0 Å². The van der Waals surface area contributed by atoms with Crippen LogP contribution < -0.4 is 0 Å². The van der Waals surface area contributed by atoms with Crippen molar-refractivity contribution in [2.45, 2.75) is 19.8 Å². The van der Waals surface area contributed by atoms with E-state index in [0.717, 1.165) is 17.1 Å². The van der Waals surface area contributed by atoms with Crippen LogP contribution in [0.2, 0.25) is 5.02 Å². The van der Waals surface area contributed by atoms with Crippen molar-refractivity contribution in [1.82, 2.24) is 15.0 Å². The third-order valence-corrected chi connectivity index (χ3v) is 2.47. The normalized spacial score (nSPS) is 10.8. The molecule has 2 rings (SSSR count). The highest BCUT2D eigenvalue weighted by atomic mass is 35.5. The van der Waals surface area contributed by atoms with Crippen molar-refractivity contribution in [2.75, 3.05) is 0 Å². The molecule has 0 atom stereocenters. The Labute approximate surface area is 99.5 Å². The Balaban J connectivity index is 2.51. The van der Waals surface area contributed by atoms with Crippen molar-refractivity contribution < 1.29 is 0 Å². The Morgan fingerprint density at radius 2 is 1.81 bits per heavy atom. The topological polar surface area (TPSA) is 38.7 Å². The second kappa shape index (κ2) is 4.58. The number of nitrogens with zero attached hydrogens (tertiary/aromatic N) is 3. The summed E-state index contributed by atoms with van der Waals surface area (Å²) in [5, 5.41) is 0.624. The first kappa shape index (κ1) is 11.0. The van der Waals surface area contributed by atoms with Crippen LogP contribution in [-0.4, -0.2) is 15.0 Å². The Hall–Kier alpha value is -1.48. The Kier molecular flexibility index (Phi) is 3.15. The number of aromatic nitrogens is 3. The van der Waals surface area contributed by atoms with E-state index in [4.69, 9.17) is 11.6 Å². The number of rotatable bonds is 2. The zero-order chi connectivity index (χ0) is 11.5. The van der Waals surface area contributed by atoms with Crippen molar-refractivity contribution >= 4 is 11.6 Å². The fraction of sp³-hybridized carbons (Fsp3) is 0.250. The van der Waals surface area contributed by atoms with Gasteiger partial charge < -0.3 is 0 Å². The van der Waals surface area contributed by atoms with Crippen molar-refractivity contribution in [1.29, 1.82) is 0 Å². The van der Waals surface area contributed by atoms with E-state index >= 15 is 0 Å². The van der Waals surface area contributed by atoms with Crippen LogP contribution in [0.15, 0.2) is 30.7 Å². The van der Waals surface area contributed by atoms with Crippen LogP contribution in [0, 0.1) is 0 Å². The van der Waals surface area contributed by atoms with Gasteiger partial charge in [0.2, 0.25) is 0 Å². The molecule has 0 unspecified atom stereocenters. The molecule has 0 saturated carbocycles. The van der Waals surface area contributed by atoms with Crippen LogP contribution in [-0.2, 0) is 0 Å². The summed E-state index contributed by atoms with van der Waals surface area (Å²) in [5.74, 6) is 0.321. The molecule has 0 aliphatic rings. The lowest BCUT2D eigenvalue weighted by atomic mass is 10.1. The van der Waals surface area contributed by atoms with Crippen LogP contribution in [0.1, 0.15) is 25.5 Å². The lowest BCUT2D eigenvalue weighted by Crippen LogP contribution is -1.99. The summed E-state index contributed by atoms with van der Waals surface area (Å²) in [7, 11) is 0.